The van der Waals surface area contributed by atoms with E-state index in [9.17, 15) is 4.79 Å². The van der Waals surface area contributed by atoms with Gasteiger partial charge in [0.1, 0.15) is 0 Å². The molecule has 0 aliphatic carbocycles. The SMILES string of the molecule is CN(Cc1c(C(=O)NN=Cc2ccsc2)nnn1-c1nonc1N)c1ccccc1. The summed E-state index contributed by atoms with van der Waals surface area (Å²) < 4.78 is 6.01. The number of nitrogen functional groups attached to an aromatic ring is 1. The van der Waals surface area contributed by atoms with Crippen LogP contribution in [0.15, 0.2) is 56.9 Å². The fraction of sp³-hybridized carbons (Fsp3) is 0.111. The number of amides is 1. The summed E-state index contributed by atoms with van der Waals surface area (Å²) in [6.07, 6.45) is 1.55. The molecule has 3 aromatic heterocycles. The number of para-hydroxylation sites is 1. The number of anilines is 2. The fourth-order valence-electron chi connectivity index (χ4n) is 2.69. The number of nitrogens with zero attached hydrogens (tertiary/aromatic N) is 7. The Kier molecular flexibility index (Phi) is 5.48. The highest BCUT2D eigenvalue weighted by atomic mass is 32.1. The van der Waals surface area contributed by atoms with Crippen molar-refractivity contribution in [3.63, 3.8) is 0 Å². The van der Waals surface area contributed by atoms with Gasteiger partial charge in [0.25, 0.3) is 5.91 Å². The zero-order chi connectivity index (χ0) is 20.9. The van der Waals surface area contributed by atoms with Crippen molar-refractivity contribution in [1.29, 1.82) is 0 Å². The molecule has 0 atom stereocenters. The van der Waals surface area contributed by atoms with Crippen LogP contribution in [-0.4, -0.2) is 44.5 Å². The number of thiophene rings is 1. The fourth-order valence-corrected chi connectivity index (χ4v) is 3.30. The molecule has 1 amide bonds. The van der Waals surface area contributed by atoms with Gasteiger partial charge in [-0.15, -0.1) is 5.10 Å². The van der Waals surface area contributed by atoms with Crippen molar-refractivity contribution in [2.45, 2.75) is 6.54 Å². The molecule has 12 heteroatoms. The van der Waals surface area contributed by atoms with Crippen molar-refractivity contribution < 1.29 is 9.42 Å². The highest BCUT2D eigenvalue weighted by Crippen LogP contribution is 2.20. The summed E-state index contributed by atoms with van der Waals surface area (Å²) in [7, 11) is 1.88. The van der Waals surface area contributed by atoms with Crippen LogP contribution in [0.4, 0.5) is 11.5 Å². The second-order valence-corrected chi connectivity index (χ2v) is 7.00. The first kappa shape index (κ1) is 19.3. The Bertz CT molecular complexity index is 1150. The van der Waals surface area contributed by atoms with E-state index in [0.29, 0.717) is 12.2 Å². The number of rotatable bonds is 7. The molecule has 0 aliphatic heterocycles. The Balaban J connectivity index is 1.63. The van der Waals surface area contributed by atoms with Crippen LogP contribution in [0.1, 0.15) is 21.7 Å². The first-order chi connectivity index (χ1) is 14.6. The molecule has 4 aromatic rings. The number of carbonyl (C=O) groups is 1. The van der Waals surface area contributed by atoms with Crippen molar-refractivity contribution in [3.05, 3.63) is 64.1 Å². The maximum atomic E-state index is 12.7. The molecule has 0 saturated carbocycles. The Labute approximate surface area is 174 Å². The van der Waals surface area contributed by atoms with Crippen LogP contribution in [-0.2, 0) is 6.54 Å². The minimum atomic E-state index is -0.515. The Morgan fingerprint density at radius 1 is 1.33 bits per heavy atom. The van der Waals surface area contributed by atoms with Crippen LogP contribution < -0.4 is 16.1 Å². The second-order valence-electron chi connectivity index (χ2n) is 6.22. The third-order valence-electron chi connectivity index (χ3n) is 4.18. The van der Waals surface area contributed by atoms with Gasteiger partial charge in [0.2, 0.25) is 11.6 Å². The van der Waals surface area contributed by atoms with Gasteiger partial charge in [-0.05, 0) is 39.3 Å². The van der Waals surface area contributed by atoms with Gasteiger partial charge in [0.05, 0.1) is 18.5 Å². The van der Waals surface area contributed by atoms with E-state index in [1.54, 1.807) is 6.21 Å². The Hall–Kier alpha value is -4.06. The molecule has 0 radical (unpaired) electrons. The topological polar surface area (TPSA) is 140 Å². The molecule has 152 valence electrons. The first-order valence-corrected chi connectivity index (χ1v) is 9.72. The predicted octanol–water partition coefficient (Wildman–Crippen LogP) is 1.69. The number of hydrogen-bond donors (Lipinski definition) is 2. The molecule has 4 rings (SSSR count). The summed E-state index contributed by atoms with van der Waals surface area (Å²) >= 11 is 1.54. The second kappa shape index (κ2) is 8.53. The minimum absolute atomic E-state index is 0.0333. The van der Waals surface area contributed by atoms with Gasteiger partial charge in [0.15, 0.2) is 5.69 Å². The number of hydrazone groups is 1. The van der Waals surface area contributed by atoms with Gasteiger partial charge in [-0.1, -0.05) is 23.4 Å². The van der Waals surface area contributed by atoms with Gasteiger partial charge in [-0.2, -0.15) is 21.1 Å². The summed E-state index contributed by atoms with van der Waals surface area (Å²) in [5.74, 6) is -0.329. The lowest BCUT2D eigenvalue weighted by molar-refractivity contribution is 0.0949. The van der Waals surface area contributed by atoms with E-state index in [2.05, 4.69) is 35.8 Å². The molecule has 3 N–H and O–H groups in total. The molecule has 0 spiro atoms. The van der Waals surface area contributed by atoms with Crippen molar-refractivity contribution in [2.75, 3.05) is 17.7 Å². The highest BCUT2D eigenvalue weighted by molar-refractivity contribution is 7.08. The largest absolute Gasteiger partial charge is 0.378 e. The normalized spacial score (nSPS) is 11.1. The number of hydrogen-bond acceptors (Lipinski definition) is 10. The molecule has 0 aliphatic rings. The van der Waals surface area contributed by atoms with E-state index < -0.39 is 5.91 Å². The van der Waals surface area contributed by atoms with Crippen LogP contribution in [0, 0.1) is 0 Å². The summed E-state index contributed by atoms with van der Waals surface area (Å²) in [4.78, 5) is 14.7. The molecular weight excluding hydrogens is 406 g/mol. The molecule has 0 bridgehead atoms. The van der Waals surface area contributed by atoms with Crippen LogP contribution in [0.25, 0.3) is 5.82 Å². The molecule has 0 saturated heterocycles. The molecule has 3 heterocycles. The van der Waals surface area contributed by atoms with E-state index in [1.165, 1.54) is 16.0 Å². The Morgan fingerprint density at radius 3 is 2.87 bits per heavy atom. The number of nitrogens with two attached hydrogens (primary N) is 1. The summed E-state index contributed by atoms with van der Waals surface area (Å²) in [5, 5.41) is 23.2. The number of aromatic nitrogens is 5. The predicted molar refractivity (Wildman–Crippen MR) is 112 cm³/mol. The van der Waals surface area contributed by atoms with Gasteiger partial charge in [0, 0.05) is 18.3 Å². The molecule has 30 heavy (non-hydrogen) atoms. The first-order valence-electron chi connectivity index (χ1n) is 8.78. The maximum absolute atomic E-state index is 12.7. The smallest absolute Gasteiger partial charge is 0.293 e. The van der Waals surface area contributed by atoms with E-state index in [0.717, 1.165) is 11.3 Å². The number of carbonyl (C=O) groups excluding carboxylic acids is 1. The Morgan fingerprint density at radius 2 is 2.17 bits per heavy atom. The molecule has 0 unspecified atom stereocenters. The lowest BCUT2D eigenvalue weighted by Crippen LogP contribution is -2.24. The zero-order valence-electron chi connectivity index (χ0n) is 15.8. The van der Waals surface area contributed by atoms with E-state index in [4.69, 9.17) is 5.73 Å². The summed E-state index contributed by atoms with van der Waals surface area (Å²) in [5.41, 5.74) is 10.6. The minimum Gasteiger partial charge on any atom is -0.378 e. The van der Waals surface area contributed by atoms with Crippen LogP contribution in [0.2, 0.25) is 0 Å². The van der Waals surface area contributed by atoms with Crippen LogP contribution in [0.3, 0.4) is 0 Å². The number of benzene rings is 1. The monoisotopic (exact) mass is 423 g/mol. The van der Waals surface area contributed by atoms with Gasteiger partial charge < -0.3 is 10.6 Å². The van der Waals surface area contributed by atoms with Crippen molar-refractivity contribution in [2.24, 2.45) is 5.10 Å². The molecule has 0 fully saturated rings. The van der Waals surface area contributed by atoms with Crippen LogP contribution >= 0.6 is 11.3 Å². The van der Waals surface area contributed by atoms with Crippen molar-refractivity contribution >= 4 is 35.0 Å². The maximum Gasteiger partial charge on any atom is 0.293 e. The van der Waals surface area contributed by atoms with Gasteiger partial charge in [-0.3, -0.25) is 4.79 Å². The lowest BCUT2D eigenvalue weighted by atomic mass is 10.2. The molecule has 11 nitrogen and oxygen atoms in total. The third-order valence-corrected chi connectivity index (χ3v) is 4.88. The average molecular weight is 423 g/mol. The average Bonchev–Trinajstić information content (AvgIpc) is 3.50. The lowest BCUT2D eigenvalue weighted by Gasteiger charge is -2.19. The molecule has 1 aromatic carbocycles. The van der Waals surface area contributed by atoms with E-state index >= 15 is 0 Å². The summed E-state index contributed by atoms with van der Waals surface area (Å²) in [6, 6.07) is 11.6. The number of nitrogens with one attached hydrogen (secondary N) is 1. The standard InChI is InChI=1S/C18H17N9O2S/c1-26(13-5-3-2-4-6-13)10-14-15(18(28)22-20-9-12-7-8-30-11-12)21-25-27(14)17-16(19)23-29-24-17/h2-9,11H,10H2,1H3,(H2,19,23)(H,22,28). The quantitative estimate of drug-likeness (QED) is 0.338. The zero-order valence-corrected chi connectivity index (χ0v) is 16.7. The van der Waals surface area contributed by atoms with E-state index in [-0.39, 0.29) is 17.3 Å². The third kappa shape index (κ3) is 4.03. The van der Waals surface area contributed by atoms with Crippen molar-refractivity contribution in [3.8, 4) is 5.82 Å². The summed E-state index contributed by atoms with van der Waals surface area (Å²) in [6.45, 7) is 0.292. The van der Waals surface area contributed by atoms with E-state index in [1.807, 2.05) is 59.1 Å². The van der Waals surface area contributed by atoms with Crippen molar-refractivity contribution in [1.82, 2.24) is 30.7 Å². The van der Waals surface area contributed by atoms with Gasteiger partial charge in [-0.25, -0.2) is 10.1 Å². The van der Waals surface area contributed by atoms with Crippen LogP contribution in [0.5, 0.6) is 0 Å². The molecular formula is C18H17N9O2S. The highest BCUT2D eigenvalue weighted by Gasteiger charge is 2.25. The van der Waals surface area contributed by atoms with Gasteiger partial charge >= 0.3 is 0 Å².